The number of dihydropyridines is 1. The fraction of sp³-hybridized carbons (Fsp3) is 0.233. The summed E-state index contributed by atoms with van der Waals surface area (Å²) in [6.07, 6.45) is 2.73. The van der Waals surface area contributed by atoms with E-state index in [1.807, 2.05) is 68.4 Å². The van der Waals surface area contributed by atoms with Crippen molar-refractivity contribution in [2.45, 2.75) is 38.5 Å². The summed E-state index contributed by atoms with van der Waals surface area (Å²) >= 11 is 0. The number of pyridine rings is 1. The molecule has 0 saturated carbocycles. The molecule has 0 saturated heterocycles. The Balaban J connectivity index is 1.55. The smallest absolute Gasteiger partial charge is 0.255 e. The van der Waals surface area contributed by atoms with Crippen molar-refractivity contribution in [3.05, 3.63) is 112 Å². The third-order valence-corrected chi connectivity index (χ3v) is 7.07. The summed E-state index contributed by atoms with van der Waals surface area (Å²) in [5.41, 5.74) is 5.98. The highest BCUT2D eigenvalue weighted by Gasteiger charge is 2.41. The van der Waals surface area contributed by atoms with Gasteiger partial charge in [0.1, 0.15) is 11.6 Å². The Labute approximate surface area is 211 Å². The van der Waals surface area contributed by atoms with Crippen LogP contribution in [-0.2, 0) is 9.59 Å². The molecule has 1 amide bonds. The highest BCUT2D eigenvalue weighted by Crippen LogP contribution is 2.46. The van der Waals surface area contributed by atoms with E-state index in [1.165, 1.54) is 0 Å². The molecule has 182 valence electrons. The van der Waals surface area contributed by atoms with E-state index in [2.05, 4.69) is 15.6 Å². The third-order valence-electron chi connectivity index (χ3n) is 7.07. The number of ketones is 1. The molecule has 36 heavy (non-hydrogen) atoms. The highest BCUT2D eigenvalue weighted by molar-refractivity contribution is 6.09. The van der Waals surface area contributed by atoms with Gasteiger partial charge in [-0.25, -0.2) is 4.98 Å². The normalized spacial score (nSPS) is 19.5. The Morgan fingerprint density at radius 3 is 2.44 bits per heavy atom. The van der Waals surface area contributed by atoms with Crippen LogP contribution in [0.4, 0.5) is 5.82 Å². The number of aromatic nitrogens is 1. The number of Topliss-reactive ketones (excluding diaryl/α,β-unsaturated/α-hetero) is 1. The zero-order chi connectivity index (χ0) is 25.2. The molecule has 6 heteroatoms. The van der Waals surface area contributed by atoms with Gasteiger partial charge in [0.05, 0.1) is 7.11 Å². The predicted octanol–water partition coefficient (Wildman–Crippen LogP) is 5.40. The van der Waals surface area contributed by atoms with E-state index in [1.54, 1.807) is 25.4 Å². The van der Waals surface area contributed by atoms with Gasteiger partial charge in [-0.15, -0.1) is 0 Å². The van der Waals surface area contributed by atoms with E-state index < -0.39 is 5.92 Å². The molecule has 2 unspecified atom stereocenters. The van der Waals surface area contributed by atoms with Crippen molar-refractivity contribution in [3.63, 3.8) is 0 Å². The molecule has 6 nitrogen and oxygen atoms in total. The number of nitrogens with zero attached hydrogens (tertiary/aromatic N) is 1. The number of carbonyl (C=O) groups excluding carboxylic acids is 2. The van der Waals surface area contributed by atoms with Crippen molar-refractivity contribution in [3.8, 4) is 5.75 Å². The molecule has 0 spiro atoms. The quantitative estimate of drug-likeness (QED) is 0.512. The zero-order valence-corrected chi connectivity index (χ0v) is 20.7. The number of carbonyl (C=O) groups is 2. The van der Waals surface area contributed by atoms with Crippen molar-refractivity contribution in [2.24, 2.45) is 0 Å². The van der Waals surface area contributed by atoms with Crippen LogP contribution >= 0.6 is 0 Å². The van der Waals surface area contributed by atoms with Crippen LogP contribution in [0.5, 0.6) is 5.75 Å². The number of methoxy groups -OCH3 is 1. The molecule has 2 atom stereocenters. The first kappa shape index (κ1) is 23.5. The van der Waals surface area contributed by atoms with Crippen LogP contribution in [0, 0.1) is 6.92 Å². The van der Waals surface area contributed by atoms with Gasteiger partial charge in [0, 0.05) is 41.1 Å². The number of amides is 1. The number of aryl methyl sites for hydroxylation is 1. The fourth-order valence-electron chi connectivity index (χ4n) is 5.29. The standard InChI is InChI=1S/C30H29N3O3/c1-18-8-4-5-9-23(18)28-27(30(35)33-26-10-6-7-15-31-26)19(2)32-24-16-21(17-25(34)29(24)28)20-11-13-22(36-3)14-12-20/h4-15,21,28,32H,16-17H2,1-3H3,(H,31,33,35). The molecule has 1 aliphatic carbocycles. The van der Waals surface area contributed by atoms with Crippen molar-refractivity contribution in [1.29, 1.82) is 0 Å². The van der Waals surface area contributed by atoms with Gasteiger partial charge in [0.2, 0.25) is 0 Å². The molecule has 1 aromatic heterocycles. The van der Waals surface area contributed by atoms with Crippen LogP contribution in [0.25, 0.3) is 0 Å². The van der Waals surface area contributed by atoms with Gasteiger partial charge in [-0.2, -0.15) is 0 Å². The number of nitrogens with one attached hydrogen (secondary N) is 2. The average Bonchev–Trinajstić information content (AvgIpc) is 2.88. The molecule has 3 aromatic rings. The molecule has 2 aliphatic rings. The Morgan fingerprint density at radius 2 is 1.75 bits per heavy atom. The summed E-state index contributed by atoms with van der Waals surface area (Å²) in [4.78, 5) is 31.6. The van der Waals surface area contributed by atoms with E-state index in [0.717, 1.165) is 33.8 Å². The van der Waals surface area contributed by atoms with Gasteiger partial charge < -0.3 is 15.4 Å². The number of anilines is 1. The second-order valence-electron chi connectivity index (χ2n) is 9.32. The van der Waals surface area contributed by atoms with E-state index in [0.29, 0.717) is 29.8 Å². The highest BCUT2D eigenvalue weighted by atomic mass is 16.5. The first-order valence-electron chi connectivity index (χ1n) is 12.1. The summed E-state index contributed by atoms with van der Waals surface area (Å²) in [5.74, 6) is 0.676. The molecule has 0 bridgehead atoms. The summed E-state index contributed by atoms with van der Waals surface area (Å²) in [6.45, 7) is 3.93. The molecule has 2 aromatic carbocycles. The van der Waals surface area contributed by atoms with Gasteiger partial charge in [-0.1, -0.05) is 42.5 Å². The number of benzene rings is 2. The minimum absolute atomic E-state index is 0.0591. The van der Waals surface area contributed by atoms with E-state index in [-0.39, 0.29) is 17.6 Å². The molecule has 0 fully saturated rings. The maximum absolute atomic E-state index is 13.8. The maximum atomic E-state index is 13.8. The molecule has 1 aliphatic heterocycles. The molecular formula is C30H29N3O3. The van der Waals surface area contributed by atoms with Crippen LogP contribution in [0.2, 0.25) is 0 Å². The summed E-state index contributed by atoms with van der Waals surface area (Å²) in [5, 5.41) is 6.36. The SMILES string of the molecule is COc1ccc(C2CC(=O)C3=C(C2)NC(C)=C(C(=O)Nc2ccccn2)C3c2ccccc2C)cc1. The molecule has 2 N–H and O–H groups in total. The van der Waals surface area contributed by atoms with Crippen LogP contribution in [-0.4, -0.2) is 23.8 Å². The third kappa shape index (κ3) is 4.42. The molecule has 2 heterocycles. The van der Waals surface area contributed by atoms with Gasteiger partial charge in [-0.05, 0) is 67.1 Å². The molecule has 0 radical (unpaired) electrons. The topological polar surface area (TPSA) is 80.3 Å². The lowest BCUT2D eigenvalue weighted by Crippen LogP contribution is -2.37. The van der Waals surface area contributed by atoms with Crippen molar-refractivity contribution in [2.75, 3.05) is 12.4 Å². The fourth-order valence-corrected chi connectivity index (χ4v) is 5.29. The Kier molecular flexibility index (Phi) is 6.42. The van der Waals surface area contributed by atoms with Crippen molar-refractivity contribution >= 4 is 17.5 Å². The molecule has 5 rings (SSSR count). The average molecular weight is 480 g/mol. The second-order valence-corrected chi connectivity index (χ2v) is 9.32. The van der Waals surface area contributed by atoms with Crippen LogP contribution < -0.4 is 15.4 Å². The zero-order valence-electron chi connectivity index (χ0n) is 20.7. The van der Waals surface area contributed by atoms with Crippen molar-refractivity contribution < 1.29 is 14.3 Å². The van der Waals surface area contributed by atoms with Crippen LogP contribution in [0.1, 0.15) is 48.3 Å². The number of hydrogen-bond donors (Lipinski definition) is 2. The monoisotopic (exact) mass is 479 g/mol. The number of rotatable bonds is 5. The lowest BCUT2D eigenvalue weighted by molar-refractivity contribution is -0.116. The minimum Gasteiger partial charge on any atom is -0.497 e. The lowest BCUT2D eigenvalue weighted by Gasteiger charge is -2.37. The number of ether oxygens (including phenoxy) is 1. The summed E-state index contributed by atoms with van der Waals surface area (Å²) in [7, 11) is 1.64. The van der Waals surface area contributed by atoms with E-state index >= 15 is 0 Å². The molecular weight excluding hydrogens is 450 g/mol. The summed E-state index contributed by atoms with van der Waals surface area (Å²) in [6, 6.07) is 21.3. The van der Waals surface area contributed by atoms with Gasteiger partial charge in [0.25, 0.3) is 5.91 Å². The number of allylic oxidation sites excluding steroid dienone is 3. The first-order chi connectivity index (χ1) is 17.5. The summed E-state index contributed by atoms with van der Waals surface area (Å²) < 4.78 is 5.29. The number of hydrogen-bond acceptors (Lipinski definition) is 5. The predicted molar refractivity (Wildman–Crippen MR) is 140 cm³/mol. The first-order valence-corrected chi connectivity index (χ1v) is 12.1. The van der Waals surface area contributed by atoms with Crippen LogP contribution in [0.3, 0.4) is 0 Å². The van der Waals surface area contributed by atoms with E-state index in [9.17, 15) is 9.59 Å². The van der Waals surface area contributed by atoms with Crippen molar-refractivity contribution in [1.82, 2.24) is 10.3 Å². The van der Waals surface area contributed by atoms with Gasteiger partial charge in [-0.3, -0.25) is 9.59 Å². The van der Waals surface area contributed by atoms with E-state index in [4.69, 9.17) is 4.74 Å². The van der Waals surface area contributed by atoms with Gasteiger partial charge in [0.15, 0.2) is 5.78 Å². The second kappa shape index (κ2) is 9.82. The Hall–Kier alpha value is -4.19. The lowest BCUT2D eigenvalue weighted by atomic mass is 9.71. The van der Waals surface area contributed by atoms with Gasteiger partial charge >= 0.3 is 0 Å². The minimum atomic E-state index is -0.449. The Morgan fingerprint density at radius 1 is 1.00 bits per heavy atom. The maximum Gasteiger partial charge on any atom is 0.255 e. The largest absolute Gasteiger partial charge is 0.497 e. The van der Waals surface area contributed by atoms with Crippen LogP contribution in [0.15, 0.2) is 95.5 Å². The Bertz CT molecular complexity index is 1370.